The van der Waals surface area contributed by atoms with Gasteiger partial charge in [0.15, 0.2) is 0 Å². The van der Waals surface area contributed by atoms with E-state index in [9.17, 15) is 0 Å². The van der Waals surface area contributed by atoms with Gasteiger partial charge in [-0.15, -0.1) is 0 Å². The molecule has 0 bridgehead atoms. The SMILES string of the molecule is Cc1cncc(CN2Cc3ccc(N)cc3C2)c1. The maximum Gasteiger partial charge on any atom is 0.0317 e. The summed E-state index contributed by atoms with van der Waals surface area (Å²) in [7, 11) is 0. The first-order chi connectivity index (χ1) is 8.70. The van der Waals surface area contributed by atoms with E-state index < -0.39 is 0 Å². The molecule has 18 heavy (non-hydrogen) atoms. The van der Waals surface area contributed by atoms with Crippen LogP contribution in [0.5, 0.6) is 0 Å². The molecular formula is C15H17N3. The second-order valence-electron chi connectivity index (χ2n) is 5.04. The Bertz CT molecular complexity index is 578. The van der Waals surface area contributed by atoms with Crippen LogP contribution in [0.1, 0.15) is 22.3 Å². The normalized spacial score (nSPS) is 14.7. The fraction of sp³-hybridized carbons (Fsp3) is 0.267. The number of fused-ring (bicyclic) bond motifs is 1. The minimum atomic E-state index is 0.854. The number of rotatable bonds is 2. The predicted octanol–water partition coefficient (Wildman–Crippen LogP) is 2.49. The zero-order chi connectivity index (χ0) is 12.5. The molecule has 1 aliphatic rings. The lowest BCUT2D eigenvalue weighted by Gasteiger charge is -2.14. The van der Waals surface area contributed by atoms with Crippen LogP contribution in [0.15, 0.2) is 36.7 Å². The summed E-state index contributed by atoms with van der Waals surface area (Å²) in [6.07, 6.45) is 3.84. The van der Waals surface area contributed by atoms with Crippen molar-refractivity contribution in [1.82, 2.24) is 9.88 Å². The van der Waals surface area contributed by atoms with Gasteiger partial charge in [-0.05, 0) is 41.3 Å². The summed E-state index contributed by atoms with van der Waals surface area (Å²) >= 11 is 0. The van der Waals surface area contributed by atoms with Crippen molar-refractivity contribution in [1.29, 1.82) is 0 Å². The average Bonchev–Trinajstić information content (AvgIpc) is 2.70. The van der Waals surface area contributed by atoms with Gasteiger partial charge in [0.25, 0.3) is 0 Å². The number of aromatic nitrogens is 1. The number of nitrogens with zero attached hydrogens (tertiary/aromatic N) is 2. The summed E-state index contributed by atoms with van der Waals surface area (Å²) in [5, 5.41) is 0. The van der Waals surface area contributed by atoms with Crippen LogP contribution in [-0.4, -0.2) is 9.88 Å². The van der Waals surface area contributed by atoms with Crippen molar-refractivity contribution in [3.63, 3.8) is 0 Å². The van der Waals surface area contributed by atoms with E-state index in [4.69, 9.17) is 5.73 Å². The molecule has 2 aromatic rings. The molecule has 0 aliphatic carbocycles. The molecule has 0 fully saturated rings. The van der Waals surface area contributed by atoms with Gasteiger partial charge in [-0.25, -0.2) is 0 Å². The van der Waals surface area contributed by atoms with Crippen molar-refractivity contribution in [2.75, 3.05) is 5.73 Å². The molecule has 3 nitrogen and oxygen atoms in total. The maximum atomic E-state index is 5.82. The largest absolute Gasteiger partial charge is 0.399 e. The molecule has 1 aliphatic heterocycles. The Labute approximate surface area is 107 Å². The van der Waals surface area contributed by atoms with E-state index >= 15 is 0 Å². The number of nitrogens with two attached hydrogens (primary N) is 1. The zero-order valence-electron chi connectivity index (χ0n) is 10.6. The number of pyridine rings is 1. The Morgan fingerprint density at radius 3 is 2.83 bits per heavy atom. The second-order valence-corrected chi connectivity index (χ2v) is 5.04. The number of benzene rings is 1. The van der Waals surface area contributed by atoms with Crippen LogP contribution in [0.2, 0.25) is 0 Å². The van der Waals surface area contributed by atoms with Crippen LogP contribution < -0.4 is 5.73 Å². The third-order valence-corrected chi connectivity index (χ3v) is 3.36. The van der Waals surface area contributed by atoms with E-state index in [0.29, 0.717) is 0 Å². The van der Waals surface area contributed by atoms with E-state index in [2.05, 4.69) is 35.0 Å². The van der Waals surface area contributed by atoms with Gasteiger partial charge < -0.3 is 5.73 Å². The van der Waals surface area contributed by atoms with Crippen molar-refractivity contribution in [2.24, 2.45) is 0 Å². The molecule has 0 radical (unpaired) electrons. The first kappa shape index (κ1) is 11.2. The number of anilines is 1. The van der Waals surface area contributed by atoms with Crippen LogP contribution in [0.3, 0.4) is 0 Å². The molecule has 0 spiro atoms. The summed E-state index contributed by atoms with van der Waals surface area (Å²) in [6.45, 7) is 5.01. The van der Waals surface area contributed by atoms with E-state index in [1.807, 2.05) is 18.5 Å². The quantitative estimate of drug-likeness (QED) is 0.819. The number of aryl methyl sites for hydroxylation is 1. The summed E-state index contributed by atoms with van der Waals surface area (Å²) in [5.74, 6) is 0. The zero-order valence-corrected chi connectivity index (χ0v) is 10.6. The molecule has 3 heteroatoms. The third kappa shape index (κ3) is 2.22. The second kappa shape index (κ2) is 4.42. The lowest BCUT2D eigenvalue weighted by Crippen LogP contribution is -2.15. The van der Waals surface area contributed by atoms with Gasteiger partial charge in [-0.1, -0.05) is 12.1 Å². The molecule has 92 valence electrons. The Morgan fingerprint density at radius 2 is 2.00 bits per heavy atom. The number of nitrogen functional groups attached to an aromatic ring is 1. The van der Waals surface area contributed by atoms with E-state index in [1.54, 1.807) is 0 Å². The average molecular weight is 239 g/mol. The Kier molecular flexibility index (Phi) is 2.76. The third-order valence-electron chi connectivity index (χ3n) is 3.36. The lowest BCUT2D eigenvalue weighted by atomic mass is 10.1. The van der Waals surface area contributed by atoms with Crippen LogP contribution in [0.25, 0.3) is 0 Å². The molecule has 0 saturated heterocycles. The molecule has 3 rings (SSSR count). The standard InChI is InChI=1S/C15H17N3/c1-11-4-12(7-17-6-11)8-18-9-13-2-3-15(16)5-14(13)10-18/h2-7H,8-10,16H2,1H3. The Balaban J connectivity index is 1.74. The van der Waals surface area contributed by atoms with Gasteiger partial charge in [0.05, 0.1) is 0 Å². The van der Waals surface area contributed by atoms with Crippen LogP contribution in [-0.2, 0) is 19.6 Å². The summed E-state index contributed by atoms with van der Waals surface area (Å²) in [4.78, 5) is 6.66. The molecule has 2 heterocycles. The highest BCUT2D eigenvalue weighted by molar-refractivity contribution is 5.46. The number of hydrogen-bond acceptors (Lipinski definition) is 3. The smallest absolute Gasteiger partial charge is 0.0317 e. The van der Waals surface area contributed by atoms with Crippen LogP contribution in [0.4, 0.5) is 5.69 Å². The van der Waals surface area contributed by atoms with Crippen molar-refractivity contribution >= 4 is 5.69 Å². The summed E-state index contributed by atoms with van der Waals surface area (Å²) in [5.41, 5.74) is 11.9. The molecule has 0 saturated carbocycles. The van der Waals surface area contributed by atoms with Crippen molar-refractivity contribution in [3.8, 4) is 0 Å². The highest BCUT2D eigenvalue weighted by atomic mass is 15.1. The first-order valence-corrected chi connectivity index (χ1v) is 6.21. The van der Waals surface area contributed by atoms with Gasteiger partial charge in [0.2, 0.25) is 0 Å². The molecule has 1 aromatic heterocycles. The van der Waals surface area contributed by atoms with Gasteiger partial charge in [-0.2, -0.15) is 0 Å². The van der Waals surface area contributed by atoms with Crippen LogP contribution >= 0.6 is 0 Å². The van der Waals surface area contributed by atoms with Gasteiger partial charge in [0, 0.05) is 37.7 Å². The van der Waals surface area contributed by atoms with E-state index in [-0.39, 0.29) is 0 Å². The monoisotopic (exact) mass is 239 g/mol. The molecule has 0 amide bonds. The predicted molar refractivity (Wildman–Crippen MR) is 72.8 cm³/mol. The minimum Gasteiger partial charge on any atom is -0.399 e. The van der Waals surface area contributed by atoms with E-state index in [1.165, 1.54) is 22.3 Å². The topological polar surface area (TPSA) is 42.2 Å². The lowest BCUT2D eigenvalue weighted by molar-refractivity contribution is 0.275. The van der Waals surface area contributed by atoms with Crippen molar-refractivity contribution in [2.45, 2.75) is 26.6 Å². The summed E-state index contributed by atoms with van der Waals surface area (Å²) in [6, 6.07) is 8.41. The van der Waals surface area contributed by atoms with Crippen molar-refractivity contribution in [3.05, 3.63) is 58.9 Å². The Morgan fingerprint density at radius 1 is 1.17 bits per heavy atom. The number of hydrogen-bond donors (Lipinski definition) is 1. The molecule has 0 atom stereocenters. The van der Waals surface area contributed by atoms with E-state index in [0.717, 1.165) is 25.3 Å². The maximum absolute atomic E-state index is 5.82. The fourth-order valence-corrected chi connectivity index (χ4v) is 2.56. The minimum absolute atomic E-state index is 0.854. The van der Waals surface area contributed by atoms with Gasteiger partial charge in [-0.3, -0.25) is 9.88 Å². The highest BCUT2D eigenvalue weighted by Crippen LogP contribution is 2.25. The fourth-order valence-electron chi connectivity index (χ4n) is 2.56. The van der Waals surface area contributed by atoms with Gasteiger partial charge >= 0.3 is 0 Å². The highest BCUT2D eigenvalue weighted by Gasteiger charge is 2.18. The summed E-state index contributed by atoms with van der Waals surface area (Å²) < 4.78 is 0. The first-order valence-electron chi connectivity index (χ1n) is 6.21. The molecule has 0 unspecified atom stereocenters. The Hall–Kier alpha value is -1.87. The molecule has 2 N–H and O–H groups in total. The van der Waals surface area contributed by atoms with Crippen LogP contribution in [0, 0.1) is 6.92 Å². The van der Waals surface area contributed by atoms with Crippen molar-refractivity contribution < 1.29 is 0 Å². The van der Waals surface area contributed by atoms with Gasteiger partial charge in [0.1, 0.15) is 0 Å². The molecular weight excluding hydrogens is 222 g/mol. The molecule has 1 aromatic carbocycles.